The average Bonchev–Trinajstić information content (AvgIpc) is 2.44. The van der Waals surface area contributed by atoms with E-state index in [0.29, 0.717) is 0 Å². The van der Waals surface area contributed by atoms with Crippen LogP contribution in [-0.2, 0) is 10.8 Å². The standard InChI is InChI=1S/C22H30BO2/c1-15-9-17(21(3,4)5)13-19(11-15)24-23-25-20-12-16(2)10-18(14-20)22(6,7)8/h9-14H,1-8H3. The maximum Gasteiger partial charge on any atom is 0.658 e. The van der Waals surface area contributed by atoms with Crippen LogP contribution in [0.15, 0.2) is 36.4 Å². The molecule has 0 atom stereocenters. The van der Waals surface area contributed by atoms with Crippen molar-refractivity contribution in [1.82, 2.24) is 0 Å². The molecule has 2 rings (SSSR count). The van der Waals surface area contributed by atoms with Gasteiger partial charge in [0.05, 0.1) is 0 Å². The molecule has 0 fully saturated rings. The van der Waals surface area contributed by atoms with Crippen molar-refractivity contribution in [2.24, 2.45) is 0 Å². The molecule has 0 aliphatic carbocycles. The monoisotopic (exact) mass is 337 g/mol. The van der Waals surface area contributed by atoms with E-state index in [2.05, 4.69) is 79.7 Å². The molecule has 0 aliphatic heterocycles. The minimum atomic E-state index is 0.0864. The van der Waals surface area contributed by atoms with E-state index in [9.17, 15) is 0 Å². The highest BCUT2D eigenvalue weighted by atomic mass is 16.6. The Kier molecular flexibility index (Phi) is 5.56. The van der Waals surface area contributed by atoms with Crippen LogP contribution < -0.4 is 9.31 Å². The summed E-state index contributed by atoms with van der Waals surface area (Å²) in [5.41, 5.74) is 5.04. The zero-order valence-corrected chi connectivity index (χ0v) is 16.9. The molecule has 2 aromatic carbocycles. The van der Waals surface area contributed by atoms with Crippen molar-refractivity contribution in [3.63, 3.8) is 0 Å². The van der Waals surface area contributed by atoms with E-state index in [1.165, 1.54) is 29.9 Å². The summed E-state index contributed by atoms with van der Waals surface area (Å²) >= 11 is 0. The van der Waals surface area contributed by atoms with Gasteiger partial charge in [-0.25, -0.2) is 0 Å². The van der Waals surface area contributed by atoms with Gasteiger partial charge in [0.1, 0.15) is 11.5 Å². The molecule has 0 saturated carbocycles. The highest BCUT2D eigenvalue weighted by Crippen LogP contribution is 2.29. The van der Waals surface area contributed by atoms with Crippen LogP contribution in [-0.4, -0.2) is 7.69 Å². The first-order chi connectivity index (χ1) is 11.4. The quantitative estimate of drug-likeness (QED) is 0.648. The Labute approximate surface area is 153 Å². The Morgan fingerprint density at radius 3 is 1.28 bits per heavy atom. The second-order valence-electron chi connectivity index (χ2n) is 8.90. The SMILES string of the molecule is Cc1cc(O[B]Oc2cc(C)cc(C(C)(C)C)c2)cc(C(C)(C)C)c1. The van der Waals surface area contributed by atoms with Gasteiger partial charge in [0.25, 0.3) is 0 Å². The van der Waals surface area contributed by atoms with E-state index >= 15 is 0 Å². The average molecular weight is 337 g/mol. The highest BCUT2D eigenvalue weighted by Gasteiger charge is 2.17. The summed E-state index contributed by atoms with van der Waals surface area (Å²) in [6.45, 7) is 17.4. The van der Waals surface area contributed by atoms with Crippen molar-refractivity contribution < 1.29 is 9.31 Å². The summed E-state index contributed by atoms with van der Waals surface area (Å²) < 4.78 is 11.5. The van der Waals surface area contributed by atoms with E-state index in [-0.39, 0.29) is 10.8 Å². The van der Waals surface area contributed by atoms with Crippen molar-refractivity contribution in [2.75, 3.05) is 0 Å². The molecule has 0 saturated heterocycles. The van der Waals surface area contributed by atoms with Gasteiger partial charge in [-0.05, 0) is 71.2 Å². The summed E-state index contributed by atoms with van der Waals surface area (Å²) in [6, 6.07) is 12.6. The van der Waals surface area contributed by atoms with Gasteiger partial charge in [-0.15, -0.1) is 0 Å². The lowest BCUT2D eigenvalue weighted by Crippen LogP contribution is -2.15. The third kappa shape index (κ3) is 5.56. The maximum absolute atomic E-state index is 5.74. The minimum Gasteiger partial charge on any atom is -0.526 e. The summed E-state index contributed by atoms with van der Waals surface area (Å²) in [7, 11) is 1.42. The Hall–Kier alpha value is -1.90. The van der Waals surface area contributed by atoms with Crippen LogP contribution in [0.25, 0.3) is 0 Å². The van der Waals surface area contributed by atoms with E-state index in [4.69, 9.17) is 9.31 Å². The van der Waals surface area contributed by atoms with Crippen molar-refractivity contribution in [3.8, 4) is 11.5 Å². The van der Waals surface area contributed by atoms with Gasteiger partial charge in [0.15, 0.2) is 0 Å². The molecule has 3 heteroatoms. The van der Waals surface area contributed by atoms with Crippen LogP contribution in [0.1, 0.15) is 63.8 Å². The van der Waals surface area contributed by atoms with Crippen molar-refractivity contribution in [2.45, 2.75) is 66.2 Å². The second kappa shape index (κ2) is 7.15. The molecule has 0 bridgehead atoms. The molecule has 0 aliphatic rings. The predicted molar refractivity (Wildman–Crippen MR) is 107 cm³/mol. The van der Waals surface area contributed by atoms with E-state index in [1.807, 2.05) is 12.1 Å². The summed E-state index contributed by atoms with van der Waals surface area (Å²) in [4.78, 5) is 0. The van der Waals surface area contributed by atoms with Crippen LogP contribution >= 0.6 is 0 Å². The Morgan fingerprint density at radius 1 is 0.600 bits per heavy atom. The molecule has 2 aromatic rings. The zero-order chi connectivity index (χ0) is 18.8. The van der Waals surface area contributed by atoms with Gasteiger partial charge in [-0.2, -0.15) is 0 Å². The molecule has 0 heterocycles. The summed E-state index contributed by atoms with van der Waals surface area (Å²) in [5, 5.41) is 0. The number of aryl methyl sites for hydroxylation is 2. The lowest BCUT2D eigenvalue weighted by Gasteiger charge is -2.21. The van der Waals surface area contributed by atoms with Crippen LogP contribution in [0.2, 0.25) is 0 Å². The van der Waals surface area contributed by atoms with E-state index < -0.39 is 0 Å². The van der Waals surface area contributed by atoms with E-state index in [0.717, 1.165) is 11.5 Å². The molecule has 133 valence electrons. The Balaban J connectivity index is 2.09. The molecule has 0 unspecified atom stereocenters. The highest BCUT2D eigenvalue weighted by molar-refractivity contribution is 6.20. The molecule has 25 heavy (non-hydrogen) atoms. The number of hydrogen-bond acceptors (Lipinski definition) is 2. The number of benzene rings is 2. The second-order valence-corrected chi connectivity index (χ2v) is 8.90. The normalized spacial score (nSPS) is 12.0. The first-order valence-corrected chi connectivity index (χ1v) is 8.84. The molecule has 0 aromatic heterocycles. The topological polar surface area (TPSA) is 18.5 Å². The van der Waals surface area contributed by atoms with Crippen molar-refractivity contribution in [1.29, 1.82) is 0 Å². The van der Waals surface area contributed by atoms with Crippen LogP contribution in [0, 0.1) is 13.8 Å². The lowest BCUT2D eigenvalue weighted by molar-refractivity contribution is 0.455. The van der Waals surface area contributed by atoms with Crippen LogP contribution in [0.4, 0.5) is 0 Å². The summed E-state index contributed by atoms with van der Waals surface area (Å²) in [5.74, 6) is 1.60. The predicted octanol–water partition coefficient (Wildman–Crippen LogP) is 5.89. The molecule has 0 amide bonds. The molecule has 2 nitrogen and oxygen atoms in total. The number of rotatable bonds is 4. The van der Waals surface area contributed by atoms with Gasteiger partial charge in [0.2, 0.25) is 0 Å². The Bertz CT molecular complexity index is 673. The fraction of sp³-hybridized carbons (Fsp3) is 0.455. The zero-order valence-electron chi connectivity index (χ0n) is 16.9. The van der Waals surface area contributed by atoms with Gasteiger partial charge in [-0.1, -0.05) is 53.7 Å². The van der Waals surface area contributed by atoms with Crippen molar-refractivity contribution in [3.05, 3.63) is 58.7 Å². The third-order valence-electron chi connectivity index (χ3n) is 4.20. The van der Waals surface area contributed by atoms with Crippen LogP contribution in [0.3, 0.4) is 0 Å². The molecule has 0 N–H and O–H groups in total. The molecule has 1 radical (unpaired) electrons. The third-order valence-corrected chi connectivity index (χ3v) is 4.20. The van der Waals surface area contributed by atoms with Crippen LogP contribution in [0.5, 0.6) is 11.5 Å². The smallest absolute Gasteiger partial charge is 0.526 e. The Morgan fingerprint density at radius 2 is 0.960 bits per heavy atom. The van der Waals surface area contributed by atoms with Gasteiger partial charge >= 0.3 is 7.69 Å². The fourth-order valence-corrected chi connectivity index (χ4v) is 2.63. The minimum absolute atomic E-state index is 0.0864. The number of hydrogen-bond donors (Lipinski definition) is 0. The first-order valence-electron chi connectivity index (χ1n) is 8.84. The van der Waals surface area contributed by atoms with E-state index in [1.54, 1.807) is 0 Å². The lowest BCUT2D eigenvalue weighted by atomic mass is 9.86. The fourth-order valence-electron chi connectivity index (χ4n) is 2.63. The van der Waals surface area contributed by atoms with Crippen molar-refractivity contribution >= 4 is 7.69 Å². The maximum atomic E-state index is 5.74. The first kappa shape index (κ1) is 19.4. The molecule has 0 spiro atoms. The van der Waals surface area contributed by atoms with Gasteiger partial charge < -0.3 is 9.31 Å². The molecular weight excluding hydrogens is 307 g/mol. The van der Waals surface area contributed by atoms with Gasteiger partial charge in [0, 0.05) is 0 Å². The molecular formula is C22H30BO2. The van der Waals surface area contributed by atoms with Gasteiger partial charge in [-0.3, -0.25) is 0 Å². The largest absolute Gasteiger partial charge is 0.658 e. The summed E-state index contributed by atoms with van der Waals surface area (Å²) in [6.07, 6.45) is 0.